The highest BCUT2D eigenvalue weighted by atomic mass is 19.1. The molecule has 312 valence electrons. The minimum atomic E-state index is -0.860. The SMILES string of the molecule is C.N#CCc1c([N+](=O)[O-])ccc(OCc2ccccc2)c1F.O=[N+]([O-])c1ccc(OCc2ccccc2)c(F)c1.[C-]#[N+]Cc1cc(OCc2ccccc2)c(F)cc1[N+](=O)[O-]. The minimum absolute atomic E-state index is 0. The summed E-state index contributed by atoms with van der Waals surface area (Å²) in [7, 11) is 0. The largest absolute Gasteiger partial charge is 0.486 e. The van der Waals surface area contributed by atoms with Gasteiger partial charge in [0, 0.05) is 18.2 Å². The van der Waals surface area contributed by atoms with Crippen molar-refractivity contribution in [1.29, 1.82) is 5.26 Å². The molecule has 61 heavy (non-hydrogen) atoms. The second-order valence-electron chi connectivity index (χ2n) is 12.1. The average molecular weight is 836 g/mol. The molecule has 0 aromatic heterocycles. The fourth-order valence-corrected chi connectivity index (χ4v) is 5.12. The van der Waals surface area contributed by atoms with E-state index in [1.165, 1.54) is 24.3 Å². The van der Waals surface area contributed by atoms with E-state index in [-0.39, 0.29) is 74.3 Å². The molecule has 0 saturated carbocycles. The summed E-state index contributed by atoms with van der Waals surface area (Å²) in [4.78, 5) is 33.1. The lowest BCUT2D eigenvalue weighted by Gasteiger charge is -2.09. The van der Waals surface area contributed by atoms with Crippen molar-refractivity contribution in [3.05, 3.63) is 220 Å². The van der Waals surface area contributed by atoms with Gasteiger partial charge in [-0.25, -0.2) is 19.7 Å². The van der Waals surface area contributed by atoms with Crippen LogP contribution in [0.2, 0.25) is 0 Å². The maximum atomic E-state index is 14.2. The molecule has 0 spiro atoms. The van der Waals surface area contributed by atoms with Crippen LogP contribution in [-0.2, 0) is 32.8 Å². The van der Waals surface area contributed by atoms with E-state index in [0.29, 0.717) is 0 Å². The maximum Gasteiger partial charge on any atom is 0.283 e. The number of halogens is 3. The van der Waals surface area contributed by atoms with E-state index in [1.54, 1.807) is 6.07 Å². The third-order valence-electron chi connectivity index (χ3n) is 8.05. The fourth-order valence-electron chi connectivity index (χ4n) is 5.12. The van der Waals surface area contributed by atoms with Gasteiger partial charge in [0.25, 0.3) is 17.1 Å². The number of nitrogens with zero attached hydrogens (tertiary/aromatic N) is 5. The second kappa shape index (κ2) is 23.8. The van der Waals surface area contributed by atoms with Gasteiger partial charge in [-0.15, -0.1) is 0 Å². The van der Waals surface area contributed by atoms with Crippen LogP contribution in [0.25, 0.3) is 4.85 Å². The lowest BCUT2D eigenvalue weighted by atomic mass is 10.1. The second-order valence-corrected chi connectivity index (χ2v) is 12.1. The number of benzene rings is 6. The van der Waals surface area contributed by atoms with Crippen LogP contribution in [0.3, 0.4) is 0 Å². The van der Waals surface area contributed by atoms with Gasteiger partial charge in [-0.2, -0.15) is 5.26 Å². The summed E-state index contributed by atoms with van der Waals surface area (Å²) in [5.41, 5.74) is 1.36. The summed E-state index contributed by atoms with van der Waals surface area (Å²) in [6, 6.07) is 37.0. The highest BCUT2D eigenvalue weighted by Gasteiger charge is 2.23. The van der Waals surface area contributed by atoms with Crippen molar-refractivity contribution in [2.75, 3.05) is 0 Å². The zero-order valence-electron chi connectivity index (χ0n) is 31.3. The smallest absolute Gasteiger partial charge is 0.283 e. The summed E-state index contributed by atoms with van der Waals surface area (Å²) in [6.07, 6.45) is -0.384. The number of nitriles is 1. The van der Waals surface area contributed by atoms with Crippen molar-refractivity contribution in [1.82, 2.24) is 0 Å². The van der Waals surface area contributed by atoms with Gasteiger partial charge in [-0.05, 0) is 28.8 Å². The van der Waals surface area contributed by atoms with Gasteiger partial charge in [-0.3, -0.25) is 30.3 Å². The summed E-state index contributed by atoms with van der Waals surface area (Å²) in [5.74, 6) is -2.60. The molecule has 0 amide bonds. The Morgan fingerprint density at radius 1 is 0.590 bits per heavy atom. The molecule has 14 nitrogen and oxygen atoms in total. The zero-order valence-corrected chi connectivity index (χ0v) is 31.3. The molecule has 6 aromatic rings. The molecule has 0 fully saturated rings. The Bertz CT molecular complexity index is 2450. The monoisotopic (exact) mass is 835 g/mol. The Kier molecular flexibility index (Phi) is 18.4. The maximum absolute atomic E-state index is 14.2. The topological polar surface area (TPSA) is 185 Å². The van der Waals surface area contributed by atoms with Crippen molar-refractivity contribution in [3.8, 4) is 23.3 Å². The van der Waals surface area contributed by atoms with Gasteiger partial charge in [0.1, 0.15) is 25.4 Å². The molecule has 0 aliphatic rings. The first-order valence-corrected chi connectivity index (χ1v) is 17.5. The van der Waals surface area contributed by atoms with Gasteiger partial charge >= 0.3 is 0 Å². The van der Waals surface area contributed by atoms with Gasteiger partial charge in [-0.1, -0.05) is 98.4 Å². The molecular formula is C44H36F3N5O9. The van der Waals surface area contributed by atoms with E-state index in [9.17, 15) is 43.5 Å². The molecular weight excluding hydrogens is 800 g/mol. The van der Waals surface area contributed by atoms with E-state index in [0.717, 1.165) is 34.9 Å². The van der Waals surface area contributed by atoms with Crippen LogP contribution in [-0.4, -0.2) is 14.8 Å². The zero-order chi connectivity index (χ0) is 43.4. The molecule has 0 atom stereocenters. The molecule has 0 N–H and O–H groups in total. The average Bonchev–Trinajstić information content (AvgIpc) is 3.25. The lowest BCUT2D eigenvalue weighted by molar-refractivity contribution is -0.385. The van der Waals surface area contributed by atoms with Gasteiger partial charge in [0.05, 0.1) is 45.0 Å². The Morgan fingerprint density at radius 2 is 1.05 bits per heavy atom. The Labute approximate surface area is 347 Å². The third-order valence-corrected chi connectivity index (χ3v) is 8.05. The summed E-state index contributed by atoms with van der Waals surface area (Å²) in [5, 5.41) is 40.8. The number of hydrogen-bond donors (Lipinski definition) is 0. The molecule has 0 unspecified atom stereocenters. The van der Waals surface area contributed by atoms with Gasteiger partial charge in [0.2, 0.25) is 6.54 Å². The predicted octanol–water partition coefficient (Wildman–Crippen LogP) is 11.1. The van der Waals surface area contributed by atoms with Crippen molar-refractivity contribution < 1.29 is 42.2 Å². The van der Waals surface area contributed by atoms with Crippen LogP contribution in [0.1, 0.15) is 35.2 Å². The first kappa shape index (κ1) is 47.1. The van der Waals surface area contributed by atoms with Crippen LogP contribution >= 0.6 is 0 Å². The standard InChI is InChI=1S/2C15H11FN2O3.C13H10FNO3.CH4/c1-17-9-12-7-15(13(16)8-14(12)18(19)20)21-10-11-5-3-2-4-6-11;16-15-12(8-9-17)13(18(19)20)6-7-14(15)21-10-11-4-2-1-3-5-11;14-12-8-11(15(16)17)6-7-13(12)18-9-10-4-2-1-3-5-10;/h2-8H,9-10H2;1-7H,8,10H2;1-8H,9H2;1H4. The molecule has 0 heterocycles. The number of non-ortho nitro benzene ring substituents is 1. The first-order valence-electron chi connectivity index (χ1n) is 17.5. The Morgan fingerprint density at radius 3 is 1.49 bits per heavy atom. The normalized spacial score (nSPS) is 9.79. The molecule has 0 saturated heterocycles. The molecule has 17 heteroatoms. The molecule has 0 aliphatic heterocycles. The summed E-state index contributed by atoms with van der Waals surface area (Å²) >= 11 is 0. The van der Waals surface area contributed by atoms with Crippen LogP contribution in [0.5, 0.6) is 17.2 Å². The quantitative estimate of drug-likeness (QED) is 0.0580. The predicted molar refractivity (Wildman–Crippen MR) is 218 cm³/mol. The van der Waals surface area contributed by atoms with Crippen molar-refractivity contribution in [2.24, 2.45) is 0 Å². The van der Waals surface area contributed by atoms with Crippen molar-refractivity contribution in [3.63, 3.8) is 0 Å². The highest BCUT2D eigenvalue weighted by Crippen LogP contribution is 2.31. The van der Waals surface area contributed by atoms with E-state index >= 15 is 0 Å². The highest BCUT2D eigenvalue weighted by molar-refractivity contribution is 5.48. The number of ether oxygens (including phenoxy) is 3. The van der Waals surface area contributed by atoms with Crippen LogP contribution in [0, 0.1) is 65.7 Å². The van der Waals surface area contributed by atoms with E-state index in [4.69, 9.17) is 26.0 Å². The number of hydrogen-bond acceptors (Lipinski definition) is 10. The number of nitro benzene ring substituents is 3. The van der Waals surface area contributed by atoms with Crippen LogP contribution < -0.4 is 14.2 Å². The molecule has 0 bridgehead atoms. The van der Waals surface area contributed by atoms with E-state index in [2.05, 4.69) is 4.85 Å². The van der Waals surface area contributed by atoms with Gasteiger partial charge in [0.15, 0.2) is 34.7 Å². The van der Waals surface area contributed by atoms with Crippen LogP contribution in [0.15, 0.2) is 133 Å². The first-order chi connectivity index (χ1) is 28.9. The van der Waals surface area contributed by atoms with Gasteiger partial charge < -0.3 is 19.1 Å². The van der Waals surface area contributed by atoms with Crippen molar-refractivity contribution in [2.45, 2.75) is 40.2 Å². The summed E-state index contributed by atoms with van der Waals surface area (Å²) < 4.78 is 57.5. The van der Waals surface area contributed by atoms with Crippen molar-refractivity contribution >= 4 is 17.1 Å². The van der Waals surface area contributed by atoms with E-state index in [1.807, 2.05) is 91.0 Å². The van der Waals surface area contributed by atoms with E-state index < -0.39 is 43.6 Å². The Hall–Kier alpha value is -8.31. The Balaban J connectivity index is 0.000000243. The molecule has 6 aromatic carbocycles. The fraction of sp³-hybridized carbons (Fsp3) is 0.136. The number of nitro groups is 3. The lowest BCUT2D eigenvalue weighted by Crippen LogP contribution is -2.03. The summed E-state index contributed by atoms with van der Waals surface area (Å²) in [6.45, 7) is 7.11. The minimum Gasteiger partial charge on any atom is -0.486 e. The molecule has 6 rings (SSSR count). The number of rotatable bonds is 14. The third kappa shape index (κ3) is 14.2. The van der Waals surface area contributed by atoms with Crippen LogP contribution in [0.4, 0.5) is 30.2 Å². The molecule has 0 radical (unpaired) electrons. The molecule has 0 aliphatic carbocycles.